The van der Waals surface area contributed by atoms with E-state index >= 15 is 0 Å². The van der Waals surface area contributed by atoms with Crippen molar-refractivity contribution >= 4 is 12.0 Å². The number of nitrogens with one attached hydrogen (secondary N) is 1. The number of aliphatic imine (C=N–C) groups is 1. The van der Waals surface area contributed by atoms with Gasteiger partial charge < -0.3 is 15.0 Å². The molecule has 1 rings (SSSR count). The molecule has 31 heavy (non-hydrogen) atoms. The van der Waals surface area contributed by atoms with Crippen molar-refractivity contribution in [2.24, 2.45) is 4.99 Å². The molecule has 0 aromatic heterocycles. The van der Waals surface area contributed by atoms with Crippen LogP contribution in [-0.2, 0) is 9.53 Å². The first-order valence-corrected chi connectivity index (χ1v) is 12.7. The molecule has 0 saturated carbocycles. The second-order valence-corrected chi connectivity index (χ2v) is 8.45. The first-order valence-electron chi connectivity index (χ1n) is 12.7. The summed E-state index contributed by atoms with van der Waals surface area (Å²) in [4.78, 5) is 18.4. The predicted octanol–water partition coefficient (Wildman–Crippen LogP) is 6.01. The minimum absolute atomic E-state index is 0.151. The van der Waals surface area contributed by atoms with Crippen molar-refractivity contribution in [1.29, 1.82) is 0 Å². The Bertz CT molecular complexity index is 517. The molecule has 0 aromatic carbocycles. The van der Waals surface area contributed by atoms with Gasteiger partial charge in [-0.2, -0.15) is 0 Å². The Labute approximate surface area is 191 Å². The molecule has 1 heterocycles. The monoisotopic (exact) mass is 433 g/mol. The van der Waals surface area contributed by atoms with Crippen LogP contribution in [0.1, 0.15) is 96.8 Å². The van der Waals surface area contributed by atoms with Crippen molar-refractivity contribution in [2.75, 3.05) is 32.7 Å². The molecule has 178 valence electrons. The second kappa shape index (κ2) is 20.3. The first kappa shape index (κ1) is 27.4. The zero-order valence-electron chi connectivity index (χ0n) is 20.1. The van der Waals surface area contributed by atoms with E-state index in [2.05, 4.69) is 36.0 Å². The molecular weight excluding hydrogens is 386 g/mol. The third kappa shape index (κ3) is 15.8. The molecule has 0 radical (unpaired) electrons. The lowest BCUT2D eigenvalue weighted by Gasteiger charge is -2.19. The lowest BCUT2D eigenvalue weighted by molar-refractivity contribution is -0.136. The summed E-state index contributed by atoms with van der Waals surface area (Å²) in [7, 11) is 0. The van der Waals surface area contributed by atoms with Crippen molar-refractivity contribution in [2.45, 2.75) is 96.8 Å². The Kier molecular flexibility index (Phi) is 17.9. The summed E-state index contributed by atoms with van der Waals surface area (Å²) >= 11 is 0. The van der Waals surface area contributed by atoms with Gasteiger partial charge in [0, 0.05) is 32.6 Å². The summed E-state index contributed by atoms with van der Waals surface area (Å²) in [5, 5.41) is 3.26. The van der Waals surface area contributed by atoms with Gasteiger partial charge >= 0.3 is 5.97 Å². The fraction of sp³-hybridized carbons (Fsp3) is 0.769. The summed E-state index contributed by atoms with van der Waals surface area (Å²) in [5.41, 5.74) is 0. The van der Waals surface area contributed by atoms with Gasteiger partial charge in [0.15, 0.2) is 0 Å². The number of allylic oxidation sites excluding steroid dienone is 2. The predicted molar refractivity (Wildman–Crippen MR) is 132 cm³/mol. The Balaban J connectivity index is 1.92. The average molecular weight is 434 g/mol. The molecule has 5 nitrogen and oxygen atoms in total. The quantitative estimate of drug-likeness (QED) is 0.145. The van der Waals surface area contributed by atoms with Crippen molar-refractivity contribution in [1.82, 2.24) is 10.2 Å². The second-order valence-electron chi connectivity index (χ2n) is 8.45. The van der Waals surface area contributed by atoms with Crippen LogP contribution in [0.25, 0.3) is 0 Å². The Morgan fingerprint density at radius 1 is 1.03 bits per heavy atom. The van der Waals surface area contributed by atoms with Crippen LogP contribution in [0, 0.1) is 0 Å². The highest BCUT2D eigenvalue weighted by atomic mass is 16.6. The first-order chi connectivity index (χ1) is 15.3. The van der Waals surface area contributed by atoms with Crippen LogP contribution in [-0.4, -0.2) is 49.6 Å². The van der Waals surface area contributed by atoms with E-state index in [0.29, 0.717) is 19.0 Å². The van der Waals surface area contributed by atoms with Gasteiger partial charge in [0.2, 0.25) is 0 Å². The van der Waals surface area contributed by atoms with Crippen LogP contribution in [0.3, 0.4) is 0 Å². The van der Waals surface area contributed by atoms with Gasteiger partial charge in [0.05, 0.1) is 6.54 Å². The highest BCUT2D eigenvalue weighted by Crippen LogP contribution is 2.11. The third-order valence-electron chi connectivity index (χ3n) is 5.58. The van der Waals surface area contributed by atoms with E-state index in [1.54, 1.807) is 0 Å². The largest absolute Gasteiger partial charge is 0.393 e. The van der Waals surface area contributed by atoms with Crippen LogP contribution in [0.4, 0.5) is 0 Å². The zero-order chi connectivity index (χ0) is 22.4. The number of carbonyl (C=O) groups excluding carboxylic acids is 1. The normalized spacial score (nSPS) is 13.7. The number of rotatable bonds is 20. The maximum Gasteiger partial charge on any atom is 0.313 e. The molecule has 1 aliphatic rings. The van der Waals surface area contributed by atoms with Crippen LogP contribution >= 0.6 is 0 Å². The maximum absolute atomic E-state index is 12.1. The molecule has 1 N–H and O–H groups in total. The highest BCUT2D eigenvalue weighted by molar-refractivity contribution is 5.88. The number of esters is 1. The summed E-state index contributed by atoms with van der Waals surface area (Å²) in [6.07, 6.45) is 23.4. The van der Waals surface area contributed by atoms with Gasteiger partial charge in [-0.1, -0.05) is 76.5 Å². The highest BCUT2D eigenvalue weighted by Gasteiger charge is 2.20. The van der Waals surface area contributed by atoms with Crippen LogP contribution in [0.5, 0.6) is 0 Å². The van der Waals surface area contributed by atoms with Gasteiger partial charge in [-0.05, 0) is 32.1 Å². The molecule has 0 saturated heterocycles. The lowest BCUT2D eigenvalue weighted by atomic mass is 10.1. The lowest BCUT2D eigenvalue weighted by Crippen LogP contribution is -2.36. The minimum atomic E-state index is -0.151. The van der Waals surface area contributed by atoms with Gasteiger partial charge in [0.1, 0.15) is 0 Å². The van der Waals surface area contributed by atoms with Gasteiger partial charge in [-0.15, -0.1) is 6.58 Å². The van der Waals surface area contributed by atoms with E-state index in [9.17, 15) is 4.79 Å². The number of ether oxygens (including phenoxy) is 1. The Morgan fingerprint density at radius 2 is 1.68 bits per heavy atom. The molecule has 0 fully saturated rings. The van der Waals surface area contributed by atoms with E-state index in [0.717, 1.165) is 39.0 Å². The van der Waals surface area contributed by atoms with Gasteiger partial charge in [-0.3, -0.25) is 4.79 Å². The molecule has 0 unspecified atom stereocenters. The number of carbonyl (C=O) groups is 1. The number of nitrogens with zero attached hydrogens (tertiary/aromatic N) is 2. The maximum atomic E-state index is 12.1. The Morgan fingerprint density at radius 3 is 2.35 bits per heavy atom. The van der Waals surface area contributed by atoms with Crippen molar-refractivity contribution < 1.29 is 9.53 Å². The summed E-state index contributed by atoms with van der Waals surface area (Å²) in [6, 6.07) is 0.498. The fourth-order valence-corrected chi connectivity index (χ4v) is 3.68. The topological polar surface area (TPSA) is 53.9 Å². The van der Waals surface area contributed by atoms with Crippen molar-refractivity contribution in [3.05, 3.63) is 24.8 Å². The smallest absolute Gasteiger partial charge is 0.313 e. The van der Waals surface area contributed by atoms with E-state index in [1.807, 2.05) is 11.0 Å². The van der Waals surface area contributed by atoms with Crippen LogP contribution < -0.4 is 5.32 Å². The minimum Gasteiger partial charge on any atom is -0.393 e. The summed E-state index contributed by atoms with van der Waals surface area (Å²) in [6.45, 7) is 9.91. The standard InChI is InChI=1S/C26H47N3O2/c1-3-5-6-7-8-9-10-11-12-13-14-15-16-17-18-19-25(30)31-26-28-22-24-29(26)23-21-27-20-4-2/h4,11-12,27H,2-3,5-10,13-24H2,1H3/b12-11-. The molecule has 0 amide bonds. The van der Waals surface area contributed by atoms with Crippen molar-refractivity contribution in [3.63, 3.8) is 0 Å². The number of hydrogen-bond donors (Lipinski definition) is 1. The van der Waals surface area contributed by atoms with Gasteiger partial charge in [0.25, 0.3) is 6.02 Å². The SMILES string of the molecule is C=CCNCCN1CCN=C1OC(=O)CCCCCCC/C=C\CCCCCCCC. The molecule has 0 atom stereocenters. The molecule has 5 heteroatoms. The molecule has 0 aliphatic carbocycles. The van der Waals surface area contributed by atoms with E-state index in [1.165, 1.54) is 70.6 Å². The number of amidine groups is 1. The molecule has 0 spiro atoms. The van der Waals surface area contributed by atoms with E-state index in [4.69, 9.17) is 4.74 Å². The van der Waals surface area contributed by atoms with Crippen LogP contribution in [0.2, 0.25) is 0 Å². The average Bonchev–Trinajstić information content (AvgIpc) is 3.20. The number of hydrogen-bond acceptors (Lipinski definition) is 5. The summed E-state index contributed by atoms with van der Waals surface area (Å²) in [5.74, 6) is -0.151. The van der Waals surface area contributed by atoms with Gasteiger partial charge in [-0.25, -0.2) is 4.99 Å². The van der Waals surface area contributed by atoms with Crippen LogP contribution in [0.15, 0.2) is 29.8 Å². The Hall–Kier alpha value is -1.62. The molecule has 1 aliphatic heterocycles. The summed E-state index contributed by atoms with van der Waals surface area (Å²) < 4.78 is 5.48. The fourth-order valence-electron chi connectivity index (χ4n) is 3.68. The van der Waals surface area contributed by atoms with E-state index in [-0.39, 0.29) is 5.97 Å². The van der Waals surface area contributed by atoms with E-state index < -0.39 is 0 Å². The van der Waals surface area contributed by atoms with Crippen molar-refractivity contribution in [3.8, 4) is 0 Å². The third-order valence-corrected chi connectivity index (χ3v) is 5.58. The number of unbranched alkanes of at least 4 members (excludes halogenated alkanes) is 11. The molecule has 0 bridgehead atoms. The zero-order valence-corrected chi connectivity index (χ0v) is 20.1. The molecule has 0 aromatic rings. The molecular formula is C26H47N3O2.